The molecule has 0 saturated carbocycles. The quantitative estimate of drug-likeness (QED) is 0.471. The molecule has 4 heterocycles. The molecule has 2 aliphatic rings. The van der Waals surface area contributed by atoms with Gasteiger partial charge in [0.15, 0.2) is 0 Å². The van der Waals surface area contributed by atoms with E-state index >= 15 is 0 Å². The fraction of sp³-hybridized carbons (Fsp3) is 0.391. The lowest BCUT2D eigenvalue weighted by Crippen LogP contribution is -2.33. The van der Waals surface area contributed by atoms with Gasteiger partial charge in [-0.25, -0.2) is 14.8 Å². The van der Waals surface area contributed by atoms with Crippen LogP contribution in [0.25, 0.3) is 0 Å². The van der Waals surface area contributed by atoms with Crippen molar-refractivity contribution in [3.63, 3.8) is 0 Å². The molecule has 0 saturated heterocycles. The van der Waals surface area contributed by atoms with Crippen LogP contribution in [0.3, 0.4) is 0 Å². The predicted octanol–water partition coefficient (Wildman–Crippen LogP) is 2.50. The first-order valence-electron chi connectivity index (χ1n) is 11.0. The Morgan fingerprint density at radius 1 is 1.27 bits per heavy atom. The Bertz CT molecular complexity index is 1190. The zero-order valence-electron chi connectivity index (χ0n) is 18.7. The Morgan fingerprint density at radius 2 is 2.15 bits per heavy atom. The normalized spacial score (nSPS) is 15.2. The highest BCUT2D eigenvalue weighted by Gasteiger charge is 2.27. The lowest BCUT2D eigenvalue weighted by atomic mass is 9.91. The number of hydrogen-bond donors (Lipinski definition) is 4. The van der Waals surface area contributed by atoms with E-state index < -0.39 is 5.41 Å². The van der Waals surface area contributed by atoms with Crippen molar-refractivity contribution >= 4 is 17.5 Å². The van der Waals surface area contributed by atoms with Crippen LogP contribution in [0.2, 0.25) is 0 Å². The molecule has 2 aromatic heterocycles. The zero-order valence-corrected chi connectivity index (χ0v) is 18.7. The molecule has 1 aromatic carbocycles. The third kappa shape index (κ3) is 4.14. The third-order valence-corrected chi connectivity index (χ3v) is 6.15. The number of rotatable bonds is 5. The van der Waals surface area contributed by atoms with Gasteiger partial charge < -0.3 is 15.2 Å². The fourth-order valence-electron chi connectivity index (χ4n) is 4.10. The van der Waals surface area contributed by atoms with Crippen molar-refractivity contribution < 1.29 is 14.6 Å². The number of nitrogens with zero attached hydrogens (tertiary/aromatic N) is 4. The molecule has 2 amide bonds. The molecule has 5 rings (SSSR count). The van der Waals surface area contributed by atoms with Gasteiger partial charge >= 0.3 is 6.03 Å². The first kappa shape index (κ1) is 21.4. The number of ether oxygens (including phenoxy) is 1. The average Bonchev–Trinajstić information content (AvgIpc) is 3.47. The van der Waals surface area contributed by atoms with Crippen LogP contribution in [0, 0.1) is 0 Å². The summed E-state index contributed by atoms with van der Waals surface area (Å²) in [6.07, 6.45) is 3.09. The SMILES string of the molecule is CC(C)(CO)c1cc(NC(=O)N2CCc3cc(Oc4ncnc5c4CCNC5)ccc32)[nH]n1. The van der Waals surface area contributed by atoms with Gasteiger partial charge in [-0.05, 0) is 43.1 Å². The summed E-state index contributed by atoms with van der Waals surface area (Å²) in [5.74, 6) is 1.78. The van der Waals surface area contributed by atoms with E-state index in [0.717, 1.165) is 48.4 Å². The number of aromatic amines is 1. The summed E-state index contributed by atoms with van der Waals surface area (Å²) < 4.78 is 6.11. The number of anilines is 2. The molecular formula is C23H27N7O3. The van der Waals surface area contributed by atoms with Crippen molar-refractivity contribution in [3.8, 4) is 11.6 Å². The molecule has 0 aliphatic carbocycles. The molecule has 0 atom stereocenters. The van der Waals surface area contributed by atoms with Crippen molar-refractivity contribution in [1.29, 1.82) is 0 Å². The second kappa shape index (κ2) is 8.45. The van der Waals surface area contributed by atoms with E-state index in [4.69, 9.17) is 4.74 Å². The minimum Gasteiger partial charge on any atom is -0.439 e. The van der Waals surface area contributed by atoms with Crippen LogP contribution in [0.15, 0.2) is 30.6 Å². The smallest absolute Gasteiger partial charge is 0.327 e. The van der Waals surface area contributed by atoms with E-state index in [1.165, 1.54) is 6.33 Å². The lowest BCUT2D eigenvalue weighted by molar-refractivity contribution is 0.215. The van der Waals surface area contributed by atoms with Gasteiger partial charge in [-0.15, -0.1) is 0 Å². The first-order chi connectivity index (χ1) is 15.9. The monoisotopic (exact) mass is 449 g/mol. The number of carbonyl (C=O) groups excluding carboxylic acids is 1. The molecule has 0 radical (unpaired) electrons. The number of hydrogen-bond acceptors (Lipinski definition) is 7. The highest BCUT2D eigenvalue weighted by molar-refractivity contribution is 6.02. The number of aromatic nitrogens is 4. The van der Waals surface area contributed by atoms with Gasteiger partial charge in [0.2, 0.25) is 5.88 Å². The van der Waals surface area contributed by atoms with Gasteiger partial charge in [0.25, 0.3) is 0 Å². The number of urea groups is 1. The van der Waals surface area contributed by atoms with Crippen molar-refractivity contribution in [2.45, 2.75) is 38.6 Å². The summed E-state index contributed by atoms with van der Waals surface area (Å²) in [6.45, 7) is 5.91. The maximum Gasteiger partial charge on any atom is 0.327 e. The summed E-state index contributed by atoms with van der Waals surface area (Å²) in [4.78, 5) is 23.3. The molecule has 3 aromatic rings. The fourth-order valence-corrected chi connectivity index (χ4v) is 4.10. The maximum absolute atomic E-state index is 12.9. The van der Waals surface area contributed by atoms with E-state index in [2.05, 4.69) is 30.8 Å². The molecule has 2 aliphatic heterocycles. The van der Waals surface area contributed by atoms with E-state index in [0.29, 0.717) is 29.7 Å². The standard InChI is InChI=1S/C23H27N7O3/c1-23(2,12-31)19-10-20(29-28-19)27-22(32)30-8-6-14-9-15(3-4-18(14)30)33-21-16-5-7-24-11-17(16)25-13-26-21/h3-4,9-10,13,24,31H,5-8,11-12H2,1-2H3,(H2,27,28,29,32). The number of aliphatic hydroxyl groups is 1. The highest BCUT2D eigenvalue weighted by atomic mass is 16.5. The summed E-state index contributed by atoms with van der Waals surface area (Å²) in [5.41, 5.74) is 4.10. The number of carbonyl (C=O) groups is 1. The largest absolute Gasteiger partial charge is 0.439 e. The summed E-state index contributed by atoms with van der Waals surface area (Å²) in [7, 11) is 0. The van der Waals surface area contributed by atoms with Crippen LogP contribution in [0.5, 0.6) is 11.6 Å². The van der Waals surface area contributed by atoms with Crippen molar-refractivity contribution in [2.24, 2.45) is 0 Å². The molecule has 0 spiro atoms. The zero-order chi connectivity index (χ0) is 23.0. The van der Waals surface area contributed by atoms with Crippen LogP contribution in [-0.4, -0.2) is 51.0 Å². The van der Waals surface area contributed by atoms with Gasteiger partial charge in [-0.2, -0.15) is 5.10 Å². The Hall–Kier alpha value is -3.50. The van der Waals surface area contributed by atoms with Crippen LogP contribution in [-0.2, 0) is 24.8 Å². The van der Waals surface area contributed by atoms with E-state index in [-0.39, 0.29) is 12.6 Å². The Morgan fingerprint density at radius 3 is 3.00 bits per heavy atom. The van der Waals surface area contributed by atoms with Gasteiger partial charge in [-0.3, -0.25) is 15.3 Å². The number of aliphatic hydroxyl groups excluding tert-OH is 1. The lowest BCUT2D eigenvalue weighted by Gasteiger charge is -2.19. The van der Waals surface area contributed by atoms with Crippen LogP contribution in [0.1, 0.15) is 36.4 Å². The molecular weight excluding hydrogens is 422 g/mol. The molecule has 0 fully saturated rings. The summed E-state index contributed by atoms with van der Waals surface area (Å²) in [6, 6.07) is 7.24. The second-order valence-corrected chi connectivity index (χ2v) is 8.96. The predicted molar refractivity (Wildman–Crippen MR) is 123 cm³/mol. The molecule has 10 heteroatoms. The average molecular weight is 450 g/mol. The number of H-pyrrole nitrogens is 1. The van der Waals surface area contributed by atoms with Gasteiger partial charge in [-0.1, -0.05) is 13.8 Å². The molecule has 0 bridgehead atoms. The second-order valence-electron chi connectivity index (χ2n) is 8.96. The van der Waals surface area contributed by atoms with Gasteiger partial charge in [0.05, 0.1) is 18.0 Å². The van der Waals surface area contributed by atoms with Crippen LogP contribution < -0.4 is 20.3 Å². The molecule has 172 valence electrons. The summed E-state index contributed by atoms with van der Waals surface area (Å²) in [5, 5.41) is 22.7. The van der Waals surface area contributed by atoms with Crippen molar-refractivity contribution in [3.05, 3.63) is 53.1 Å². The summed E-state index contributed by atoms with van der Waals surface area (Å²) >= 11 is 0. The van der Waals surface area contributed by atoms with Crippen LogP contribution in [0.4, 0.5) is 16.3 Å². The van der Waals surface area contributed by atoms with Crippen molar-refractivity contribution in [2.75, 3.05) is 29.9 Å². The number of amides is 2. The number of benzene rings is 1. The van der Waals surface area contributed by atoms with E-state index in [1.807, 2.05) is 32.0 Å². The Kier molecular flexibility index (Phi) is 5.47. The Balaban J connectivity index is 1.30. The molecule has 33 heavy (non-hydrogen) atoms. The van der Waals surface area contributed by atoms with E-state index in [9.17, 15) is 9.90 Å². The van der Waals surface area contributed by atoms with Gasteiger partial charge in [0.1, 0.15) is 17.9 Å². The minimum atomic E-state index is -0.491. The highest BCUT2D eigenvalue weighted by Crippen LogP contribution is 2.34. The number of nitrogens with one attached hydrogen (secondary N) is 3. The molecule has 0 unspecified atom stereocenters. The van der Waals surface area contributed by atoms with Crippen LogP contribution >= 0.6 is 0 Å². The molecule has 4 N–H and O–H groups in total. The maximum atomic E-state index is 12.9. The van der Waals surface area contributed by atoms with Gasteiger partial charge in [0, 0.05) is 35.8 Å². The van der Waals surface area contributed by atoms with E-state index in [1.54, 1.807) is 11.0 Å². The first-order valence-corrected chi connectivity index (χ1v) is 11.0. The molecule has 10 nitrogen and oxygen atoms in total. The Labute approximate surface area is 191 Å². The topological polar surface area (TPSA) is 128 Å². The third-order valence-electron chi connectivity index (χ3n) is 6.15. The van der Waals surface area contributed by atoms with Crippen molar-refractivity contribution in [1.82, 2.24) is 25.5 Å². The minimum absolute atomic E-state index is 0.0378. The number of fused-ring (bicyclic) bond motifs is 2.